The lowest BCUT2D eigenvalue weighted by molar-refractivity contribution is 0.0526. The van der Waals surface area contributed by atoms with Crippen molar-refractivity contribution in [3.63, 3.8) is 0 Å². The summed E-state index contributed by atoms with van der Waals surface area (Å²) in [5.74, 6) is 0.399. The Balaban J connectivity index is 1.49. The van der Waals surface area contributed by atoms with Gasteiger partial charge in [-0.05, 0) is 47.0 Å². The molecule has 1 aliphatic heterocycles. The number of aliphatic hydroxyl groups excluding tert-OH is 1. The predicted octanol–water partition coefficient (Wildman–Crippen LogP) is 3.41. The number of rotatable bonds is 8. The molecule has 31 heavy (non-hydrogen) atoms. The van der Waals surface area contributed by atoms with E-state index in [-0.39, 0.29) is 36.5 Å². The third-order valence-electron chi connectivity index (χ3n) is 5.68. The van der Waals surface area contributed by atoms with Gasteiger partial charge in [0.2, 0.25) is 0 Å². The van der Waals surface area contributed by atoms with Crippen LogP contribution in [0.15, 0.2) is 66.7 Å². The van der Waals surface area contributed by atoms with Crippen molar-refractivity contribution >= 4 is 20.6 Å². The summed E-state index contributed by atoms with van der Waals surface area (Å²) >= 11 is 0. The number of fused-ring (bicyclic) bond motifs is 1. The van der Waals surface area contributed by atoms with Crippen LogP contribution >= 0.6 is 0 Å². The number of ether oxygens (including phenoxy) is 1. The molecule has 0 aliphatic carbocycles. The van der Waals surface area contributed by atoms with Crippen molar-refractivity contribution in [2.24, 2.45) is 0 Å². The van der Waals surface area contributed by atoms with Crippen molar-refractivity contribution in [2.75, 3.05) is 24.7 Å². The summed E-state index contributed by atoms with van der Waals surface area (Å²) < 4.78 is 42.8. The van der Waals surface area contributed by atoms with Crippen molar-refractivity contribution in [3.05, 3.63) is 78.1 Å². The summed E-state index contributed by atoms with van der Waals surface area (Å²) in [4.78, 5) is 2.05. The summed E-state index contributed by atoms with van der Waals surface area (Å²) in [6.45, 7) is 0.858. The number of nitrogens with zero attached hydrogens (tertiary/aromatic N) is 1. The van der Waals surface area contributed by atoms with Crippen molar-refractivity contribution in [1.29, 1.82) is 0 Å². The minimum Gasteiger partial charge on any atom is -0.491 e. The molecule has 2 unspecified atom stereocenters. The largest absolute Gasteiger partial charge is 0.491 e. The number of halogens is 1. The van der Waals surface area contributed by atoms with Crippen molar-refractivity contribution in [1.82, 2.24) is 4.90 Å². The second-order valence-corrected chi connectivity index (χ2v) is 10.3. The van der Waals surface area contributed by atoms with E-state index in [9.17, 15) is 17.9 Å². The second kappa shape index (κ2) is 9.34. The number of sulfone groups is 1. The Bertz CT molecular complexity index is 1130. The van der Waals surface area contributed by atoms with E-state index in [4.69, 9.17) is 4.74 Å². The van der Waals surface area contributed by atoms with Gasteiger partial charge in [-0.2, -0.15) is 0 Å². The zero-order valence-corrected chi connectivity index (χ0v) is 18.0. The molecule has 5 nitrogen and oxygen atoms in total. The molecule has 0 bridgehead atoms. The molecule has 3 aromatic carbocycles. The van der Waals surface area contributed by atoms with E-state index in [1.165, 1.54) is 24.3 Å². The highest BCUT2D eigenvalue weighted by atomic mass is 32.2. The maximum absolute atomic E-state index is 13.1. The maximum Gasteiger partial charge on any atom is 0.151 e. The average Bonchev–Trinajstić information content (AvgIpc) is 3.13. The van der Waals surface area contributed by atoms with Crippen LogP contribution in [-0.2, 0) is 16.4 Å². The number of hydrogen-bond donors (Lipinski definition) is 1. The molecule has 2 atom stereocenters. The first kappa shape index (κ1) is 21.7. The second-order valence-electron chi connectivity index (χ2n) is 8.04. The van der Waals surface area contributed by atoms with Gasteiger partial charge in [-0.1, -0.05) is 42.5 Å². The molecule has 7 heteroatoms. The van der Waals surface area contributed by atoms with Gasteiger partial charge in [0.15, 0.2) is 9.84 Å². The van der Waals surface area contributed by atoms with Gasteiger partial charge < -0.3 is 9.84 Å². The molecule has 1 aliphatic rings. The van der Waals surface area contributed by atoms with Gasteiger partial charge in [0.05, 0.1) is 11.5 Å². The standard InChI is InChI=1S/C24H26FNO4S/c25-20-8-10-23(11-9-20)30-16-22(27)15-26(21-12-13-31(28,29)17-21)14-19-6-3-5-18-4-1-2-7-24(18)19/h1-11,21-22,27H,12-17H2. The summed E-state index contributed by atoms with van der Waals surface area (Å²) in [6.07, 6.45) is -0.262. The Kier molecular flexibility index (Phi) is 6.55. The first-order valence-electron chi connectivity index (χ1n) is 10.4. The molecular weight excluding hydrogens is 417 g/mol. The fraction of sp³-hybridized carbons (Fsp3) is 0.333. The van der Waals surface area contributed by atoms with Gasteiger partial charge in [-0.3, -0.25) is 4.90 Å². The number of hydrogen-bond acceptors (Lipinski definition) is 5. The molecule has 3 aromatic rings. The lowest BCUT2D eigenvalue weighted by Crippen LogP contribution is -2.42. The van der Waals surface area contributed by atoms with Gasteiger partial charge in [-0.15, -0.1) is 0 Å². The third kappa shape index (κ3) is 5.61. The summed E-state index contributed by atoms with van der Waals surface area (Å²) in [7, 11) is -3.06. The summed E-state index contributed by atoms with van der Waals surface area (Å²) in [6, 6.07) is 19.7. The van der Waals surface area contributed by atoms with Crippen LogP contribution in [0.25, 0.3) is 10.8 Å². The first-order valence-corrected chi connectivity index (χ1v) is 12.2. The average molecular weight is 444 g/mol. The highest BCUT2D eigenvalue weighted by Crippen LogP contribution is 2.24. The van der Waals surface area contributed by atoms with E-state index in [0.717, 1.165) is 16.3 Å². The van der Waals surface area contributed by atoms with E-state index in [1.807, 2.05) is 29.2 Å². The summed E-state index contributed by atoms with van der Waals surface area (Å²) in [5, 5.41) is 12.9. The van der Waals surface area contributed by atoms with Gasteiger partial charge in [-0.25, -0.2) is 12.8 Å². The van der Waals surface area contributed by atoms with E-state index in [1.54, 1.807) is 0 Å². The predicted molar refractivity (Wildman–Crippen MR) is 119 cm³/mol. The Morgan fingerprint density at radius 2 is 1.81 bits per heavy atom. The van der Waals surface area contributed by atoms with E-state index in [0.29, 0.717) is 18.7 Å². The monoisotopic (exact) mass is 443 g/mol. The van der Waals surface area contributed by atoms with Crippen LogP contribution < -0.4 is 4.74 Å². The fourth-order valence-corrected chi connectivity index (χ4v) is 5.86. The molecule has 164 valence electrons. The summed E-state index contributed by atoms with van der Waals surface area (Å²) in [5.41, 5.74) is 1.09. The lowest BCUT2D eigenvalue weighted by Gasteiger charge is -2.30. The smallest absolute Gasteiger partial charge is 0.151 e. The SMILES string of the molecule is O=S1(=O)CCC(N(Cc2cccc3ccccc23)CC(O)COc2ccc(F)cc2)C1. The normalized spacial score (nSPS) is 19.0. The highest BCUT2D eigenvalue weighted by molar-refractivity contribution is 7.91. The molecule has 0 amide bonds. The van der Waals surface area contributed by atoms with Crippen LogP contribution in [0, 0.1) is 5.82 Å². The van der Waals surface area contributed by atoms with E-state index < -0.39 is 15.9 Å². The van der Waals surface area contributed by atoms with Crippen molar-refractivity contribution in [3.8, 4) is 5.75 Å². The van der Waals surface area contributed by atoms with Crippen LogP contribution in [0.3, 0.4) is 0 Å². The molecular formula is C24H26FNO4S. The van der Waals surface area contributed by atoms with Crippen LogP contribution in [0.4, 0.5) is 4.39 Å². The fourth-order valence-electron chi connectivity index (χ4n) is 4.10. The van der Waals surface area contributed by atoms with Gasteiger partial charge in [0, 0.05) is 19.1 Å². The number of benzene rings is 3. The third-order valence-corrected chi connectivity index (χ3v) is 7.43. The Morgan fingerprint density at radius 3 is 2.55 bits per heavy atom. The minimum absolute atomic E-state index is 0.0388. The molecule has 0 spiro atoms. The topological polar surface area (TPSA) is 66.8 Å². The molecule has 1 heterocycles. The lowest BCUT2D eigenvalue weighted by atomic mass is 10.0. The van der Waals surface area contributed by atoms with E-state index in [2.05, 4.69) is 18.2 Å². The van der Waals surface area contributed by atoms with Crippen LogP contribution in [0.5, 0.6) is 5.75 Å². The maximum atomic E-state index is 13.1. The van der Waals surface area contributed by atoms with Gasteiger partial charge in [0.25, 0.3) is 0 Å². The Labute approximate surface area is 182 Å². The Hall–Kier alpha value is -2.48. The highest BCUT2D eigenvalue weighted by Gasteiger charge is 2.33. The zero-order chi connectivity index (χ0) is 21.8. The first-order chi connectivity index (χ1) is 14.9. The molecule has 1 saturated heterocycles. The number of aliphatic hydroxyl groups is 1. The van der Waals surface area contributed by atoms with E-state index >= 15 is 0 Å². The van der Waals surface area contributed by atoms with Crippen molar-refractivity contribution < 1.29 is 22.7 Å². The molecule has 1 fully saturated rings. The molecule has 0 saturated carbocycles. The van der Waals surface area contributed by atoms with Crippen LogP contribution in [0.2, 0.25) is 0 Å². The van der Waals surface area contributed by atoms with Crippen LogP contribution in [-0.4, -0.2) is 55.2 Å². The molecule has 1 N–H and O–H groups in total. The molecule has 0 radical (unpaired) electrons. The molecule has 0 aromatic heterocycles. The van der Waals surface area contributed by atoms with Gasteiger partial charge in [0.1, 0.15) is 24.3 Å². The Morgan fingerprint density at radius 1 is 1.06 bits per heavy atom. The quantitative estimate of drug-likeness (QED) is 0.578. The van der Waals surface area contributed by atoms with Crippen molar-refractivity contribution in [2.45, 2.75) is 25.1 Å². The minimum atomic E-state index is -3.06. The van der Waals surface area contributed by atoms with Crippen LogP contribution in [0.1, 0.15) is 12.0 Å². The van der Waals surface area contributed by atoms with Gasteiger partial charge >= 0.3 is 0 Å². The molecule has 4 rings (SSSR count). The zero-order valence-electron chi connectivity index (χ0n) is 17.2.